The van der Waals surface area contributed by atoms with E-state index >= 15 is 0 Å². The number of hydrogen-bond acceptors (Lipinski definition) is 3. The van der Waals surface area contributed by atoms with Crippen LogP contribution in [0.15, 0.2) is 65.5 Å². The number of carbonyl (C=O) groups excluding carboxylic acids is 1. The normalized spacial score (nSPS) is 13.5. The number of hydrogen-bond donors (Lipinski definition) is 0. The first kappa shape index (κ1) is 22.9. The van der Waals surface area contributed by atoms with Crippen molar-refractivity contribution in [2.24, 2.45) is 5.92 Å². The molecule has 5 nitrogen and oxygen atoms in total. The summed E-state index contributed by atoms with van der Waals surface area (Å²) in [4.78, 5) is 33.2. The number of nitrogens with zero attached hydrogens (tertiary/aromatic N) is 3. The van der Waals surface area contributed by atoms with E-state index in [2.05, 4.69) is 38.1 Å². The average Bonchev–Trinajstić information content (AvgIpc) is 2.81. The summed E-state index contributed by atoms with van der Waals surface area (Å²) in [5, 5.41) is 0. The number of rotatable bonds is 6. The van der Waals surface area contributed by atoms with Gasteiger partial charge in [0, 0.05) is 0 Å². The van der Waals surface area contributed by atoms with Crippen molar-refractivity contribution in [3.05, 3.63) is 93.4 Å². The van der Waals surface area contributed by atoms with Crippen molar-refractivity contribution in [3.63, 3.8) is 0 Å². The third-order valence-corrected chi connectivity index (χ3v) is 8.06. The molecule has 3 aromatic rings. The van der Waals surface area contributed by atoms with E-state index in [0.29, 0.717) is 31.8 Å². The molecule has 1 aromatic heterocycles. The van der Waals surface area contributed by atoms with Gasteiger partial charge in [-0.25, -0.2) is 0 Å². The summed E-state index contributed by atoms with van der Waals surface area (Å²) in [6, 6.07) is 20.2. The van der Waals surface area contributed by atoms with Crippen LogP contribution < -0.4 is 8.89 Å². The van der Waals surface area contributed by atoms with Crippen LogP contribution in [0.25, 0.3) is 0 Å². The van der Waals surface area contributed by atoms with Gasteiger partial charge in [-0.2, -0.15) is 0 Å². The SMILES string of the molecule is CC(C)CCC(=O)N1CCc2c(n[c]([Hg])n(C(c3ccccc3)c3ccccc3)c2=O)C1. The first-order valence-corrected chi connectivity index (χ1v) is 14.0. The molecule has 0 spiro atoms. The van der Waals surface area contributed by atoms with Crippen LogP contribution in [0.5, 0.6) is 0 Å². The van der Waals surface area contributed by atoms with E-state index in [-0.39, 0.29) is 43.6 Å². The fourth-order valence-corrected chi connectivity index (χ4v) is 6.37. The van der Waals surface area contributed by atoms with Gasteiger partial charge in [0.2, 0.25) is 0 Å². The molecule has 161 valence electrons. The van der Waals surface area contributed by atoms with Gasteiger partial charge in [0.05, 0.1) is 0 Å². The predicted octanol–water partition coefficient (Wildman–Crippen LogP) is 3.37. The van der Waals surface area contributed by atoms with E-state index in [9.17, 15) is 9.59 Å². The molecule has 2 aromatic carbocycles. The Balaban J connectivity index is 1.72. The maximum atomic E-state index is 13.8. The van der Waals surface area contributed by atoms with Gasteiger partial charge in [-0.15, -0.1) is 0 Å². The average molecular weight is 615 g/mol. The molecule has 32 heavy (non-hydrogen) atoms. The van der Waals surface area contributed by atoms with Gasteiger partial charge >= 0.3 is 206 Å². The number of aromatic nitrogens is 2. The van der Waals surface area contributed by atoms with Crippen LogP contribution in [-0.4, -0.2) is 26.9 Å². The molecule has 0 atom stereocenters. The molecule has 6 heteroatoms. The quantitative estimate of drug-likeness (QED) is 0.400. The number of amides is 1. The Labute approximate surface area is 205 Å². The van der Waals surface area contributed by atoms with Crippen LogP contribution in [0.2, 0.25) is 0 Å². The fraction of sp³-hybridized carbons (Fsp3) is 0.346. The van der Waals surface area contributed by atoms with E-state index in [1.54, 1.807) is 0 Å². The van der Waals surface area contributed by atoms with Crippen molar-refractivity contribution in [1.29, 1.82) is 0 Å². The summed E-state index contributed by atoms with van der Waals surface area (Å²) < 4.78 is 2.77. The molecule has 2 heterocycles. The Morgan fingerprint density at radius 3 is 2.19 bits per heavy atom. The Bertz CT molecular complexity index is 1100. The Hall–Kier alpha value is -2.27. The Morgan fingerprint density at radius 1 is 1.03 bits per heavy atom. The van der Waals surface area contributed by atoms with Crippen molar-refractivity contribution >= 4 is 9.24 Å². The first-order chi connectivity index (χ1) is 15.5. The summed E-state index contributed by atoms with van der Waals surface area (Å²) in [5.41, 5.74) is 3.77. The maximum absolute atomic E-state index is 13.8. The second kappa shape index (κ2) is 10.1. The molecular weight excluding hydrogens is 587 g/mol. The van der Waals surface area contributed by atoms with Crippen LogP contribution in [0.3, 0.4) is 0 Å². The van der Waals surface area contributed by atoms with Gasteiger partial charge in [0.15, 0.2) is 0 Å². The summed E-state index contributed by atoms with van der Waals surface area (Å²) in [6.45, 7) is 5.31. The van der Waals surface area contributed by atoms with Crippen molar-refractivity contribution < 1.29 is 30.9 Å². The monoisotopic (exact) mass is 616 g/mol. The molecular formula is C26H28HgN3O2. The Kier molecular flexibility index (Phi) is 7.24. The molecule has 0 N–H and O–H groups in total. The molecule has 0 bridgehead atoms. The standard InChI is InChI=1S/C26H28N3O2.Hg/c1-19(2)13-14-24(30)28-16-15-22-23(17-28)27-18-29(26(22)31)25(20-9-5-3-6-10-20)21-11-7-4-8-12-21;/h3-12,19,25H,13-17H2,1-2H3;. The third kappa shape index (κ3) is 4.88. The third-order valence-electron chi connectivity index (χ3n) is 6.12. The molecule has 1 amide bonds. The summed E-state index contributed by atoms with van der Waals surface area (Å²) in [6.07, 6.45) is 2.02. The van der Waals surface area contributed by atoms with Crippen molar-refractivity contribution in [3.8, 4) is 0 Å². The first-order valence-electron chi connectivity index (χ1n) is 11.3. The zero-order valence-electron chi connectivity index (χ0n) is 18.8. The number of fused-ring (bicyclic) bond motifs is 1. The molecule has 0 radical (unpaired) electrons. The van der Waals surface area contributed by atoms with Crippen LogP contribution in [0.1, 0.15) is 55.1 Å². The summed E-state index contributed by atoms with van der Waals surface area (Å²) in [7, 11) is 0. The molecule has 0 saturated carbocycles. The number of carbonyl (C=O) groups is 1. The van der Waals surface area contributed by atoms with Gasteiger partial charge in [-0.3, -0.25) is 0 Å². The van der Waals surface area contributed by atoms with Crippen molar-refractivity contribution in [1.82, 2.24) is 14.5 Å². The van der Waals surface area contributed by atoms with Gasteiger partial charge < -0.3 is 0 Å². The zero-order chi connectivity index (χ0) is 22.7. The second-order valence-electron chi connectivity index (χ2n) is 8.85. The molecule has 1 aliphatic rings. The summed E-state index contributed by atoms with van der Waals surface area (Å²) in [5.74, 6) is 0.673. The topological polar surface area (TPSA) is 55.2 Å². The molecule has 0 aliphatic carbocycles. The summed E-state index contributed by atoms with van der Waals surface area (Å²) >= 11 is 0.139. The van der Waals surface area contributed by atoms with Crippen molar-refractivity contribution in [2.45, 2.75) is 45.7 Å². The zero-order valence-corrected chi connectivity index (χ0v) is 24.3. The van der Waals surface area contributed by atoms with Crippen molar-refractivity contribution in [2.75, 3.05) is 6.54 Å². The molecule has 1 aliphatic heterocycles. The van der Waals surface area contributed by atoms with Gasteiger partial charge in [-0.1, -0.05) is 0 Å². The van der Waals surface area contributed by atoms with Crippen LogP contribution >= 0.6 is 0 Å². The molecule has 0 fully saturated rings. The van der Waals surface area contributed by atoms with Gasteiger partial charge in [0.1, 0.15) is 0 Å². The van der Waals surface area contributed by atoms with E-state index < -0.39 is 0 Å². The number of benzene rings is 2. The minimum atomic E-state index is -0.194. The van der Waals surface area contributed by atoms with E-state index in [1.165, 1.54) is 0 Å². The minimum absolute atomic E-state index is 0.0481. The fourth-order valence-electron chi connectivity index (χ4n) is 4.36. The van der Waals surface area contributed by atoms with E-state index in [4.69, 9.17) is 4.98 Å². The van der Waals surface area contributed by atoms with E-state index in [0.717, 1.165) is 32.1 Å². The van der Waals surface area contributed by atoms with Crippen LogP contribution in [0.4, 0.5) is 0 Å². The molecule has 4 rings (SSSR count). The van der Waals surface area contributed by atoms with Gasteiger partial charge in [-0.05, 0) is 0 Å². The van der Waals surface area contributed by atoms with Crippen LogP contribution in [0, 0.1) is 5.92 Å². The molecule has 0 saturated heterocycles. The second-order valence-corrected chi connectivity index (χ2v) is 11.3. The van der Waals surface area contributed by atoms with E-state index in [1.807, 2.05) is 45.9 Å². The van der Waals surface area contributed by atoms with Crippen LogP contribution in [-0.2, 0) is 43.9 Å². The van der Waals surface area contributed by atoms with Gasteiger partial charge in [0.25, 0.3) is 0 Å². The predicted molar refractivity (Wildman–Crippen MR) is 121 cm³/mol. The molecule has 0 unspecified atom stereocenters. The Morgan fingerprint density at radius 2 is 1.62 bits per heavy atom.